The van der Waals surface area contributed by atoms with Crippen LogP contribution in [-0.4, -0.2) is 37.0 Å². The molecule has 20 heavy (non-hydrogen) atoms. The van der Waals surface area contributed by atoms with Gasteiger partial charge in [-0.2, -0.15) is 0 Å². The quantitative estimate of drug-likeness (QED) is 0.842. The molecule has 1 aliphatic heterocycles. The molecule has 1 aromatic carbocycles. The smallest absolute Gasteiger partial charge is 0.246 e. The van der Waals surface area contributed by atoms with Crippen molar-refractivity contribution >= 4 is 11.5 Å². The van der Waals surface area contributed by atoms with Gasteiger partial charge in [0.05, 0.1) is 0 Å². The number of amides is 1. The number of nitrogens with one attached hydrogen (secondary N) is 1. The molecule has 0 spiro atoms. The fourth-order valence-electron chi connectivity index (χ4n) is 2.23. The molecule has 1 aliphatic rings. The number of hydrogen-bond donors (Lipinski definition) is 1. The van der Waals surface area contributed by atoms with Crippen LogP contribution < -0.4 is 5.32 Å². The summed E-state index contributed by atoms with van der Waals surface area (Å²) >= 11 is 0. The first-order valence-corrected chi connectivity index (χ1v) is 6.71. The fraction of sp³-hybridized carbons (Fsp3) is 0.400. The predicted molar refractivity (Wildman–Crippen MR) is 74.1 cm³/mol. The molecule has 1 aromatic rings. The predicted octanol–water partition coefficient (Wildman–Crippen LogP) is 2.19. The molecule has 1 saturated heterocycles. The molecule has 1 amide bonds. The molecule has 0 saturated carbocycles. The maximum atomic E-state index is 13.6. The standard InChI is InChI=1S/C15H18F2N2O/c1-11(13-4-3-12(16)10-14(13)17)9-15(20)19-7-2-5-18-6-8-19/h3-4,9-10,18H,2,5-8H2,1H3. The number of halogens is 2. The van der Waals surface area contributed by atoms with Crippen molar-refractivity contribution in [2.75, 3.05) is 26.2 Å². The number of rotatable bonds is 2. The summed E-state index contributed by atoms with van der Waals surface area (Å²) < 4.78 is 26.5. The van der Waals surface area contributed by atoms with Gasteiger partial charge in [-0.1, -0.05) is 0 Å². The number of carbonyl (C=O) groups is 1. The maximum Gasteiger partial charge on any atom is 0.246 e. The van der Waals surface area contributed by atoms with E-state index in [-0.39, 0.29) is 11.5 Å². The summed E-state index contributed by atoms with van der Waals surface area (Å²) in [5.41, 5.74) is 0.761. The average molecular weight is 280 g/mol. The van der Waals surface area contributed by atoms with Crippen LogP contribution in [0.4, 0.5) is 8.78 Å². The average Bonchev–Trinajstić information content (AvgIpc) is 2.67. The molecule has 2 rings (SSSR count). The zero-order valence-corrected chi connectivity index (χ0v) is 11.5. The van der Waals surface area contributed by atoms with Crippen molar-refractivity contribution in [3.05, 3.63) is 41.5 Å². The van der Waals surface area contributed by atoms with Gasteiger partial charge in [0.2, 0.25) is 5.91 Å². The molecule has 1 heterocycles. The molecule has 108 valence electrons. The second kappa shape index (κ2) is 6.61. The van der Waals surface area contributed by atoms with E-state index in [4.69, 9.17) is 0 Å². The van der Waals surface area contributed by atoms with Crippen LogP contribution in [0.1, 0.15) is 18.9 Å². The summed E-state index contributed by atoms with van der Waals surface area (Å²) in [6.07, 6.45) is 2.32. The Morgan fingerprint density at radius 2 is 2.10 bits per heavy atom. The Morgan fingerprint density at radius 3 is 2.85 bits per heavy atom. The molecule has 5 heteroatoms. The number of carbonyl (C=O) groups excluding carboxylic acids is 1. The van der Waals surface area contributed by atoms with Gasteiger partial charge in [-0.3, -0.25) is 4.79 Å². The molecule has 0 aliphatic carbocycles. The molecule has 1 N–H and O–H groups in total. The normalized spacial score (nSPS) is 16.9. The van der Waals surface area contributed by atoms with Crippen molar-refractivity contribution in [3.8, 4) is 0 Å². The first-order chi connectivity index (χ1) is 9.58. The molecule has 1 fully saturated rings. The van der Waals surface area contributed by atoms with Gasteiger partial charge in [-0.15, -0.1) is 0 Å². The molecular weight excluding hydrogens is 262 g/mol. The maximum absolute atomic E-state index is 13.6. The third-order valence-electron chi connectivity index (χ3n) is 3.35. The molecule has 3 nitrogen and oxygen atoms in total. The first-order valence-electron chi connectivity index (χ1n) is 6.71. The molecule has 0 radical (unpaired) electrons. The van der Waals surface area contributed by atoms with E-state index in [1.165, 1.54) is 18.2 Å². The summed E-state index contributed by atoms with van der Waals surface area (Å²) in [5.74, 6) is -1.40. The van der Waals surface area contributed by atoms with Gasteiger partial charge in [0.15, 0.2) is 0 Å². The zero-order valence-electron chi connectivity index (χ0n) is 11.5. The van der Waals surface area contributed by atoms with E-state index in [0.29, 0.717) is 18.7 Å². The van der Waals surface area contributed by atoms with E-state index in [1.54, 1.807) is 11.8 Å². The van der Waals surface area contributed by atoms with Gasteiger partial charge < -0.3 is 10.2 Å². The second-order valence-corrected chi connectivity index (χ2v) is 4.88. The minimum Gasteiger partial charge on any atom is -0.338 e. The summed E-state index contributed by atoms with van der Waals surface area (Å²) in [7, 11) is 0. The third-order valence-corrected chi connectivity index (χ3v) is 3.35. The van der Waals surface area contributed by atoms with Crippen molar-refractivity contribution in [3.63, 3.8) is 0 Å². The lowest BCUT2D eigenvalue weighted by Crippen LogP contribution is -2.33. The van der Waals surface area contributed by atoms with Crippen LogP contribution in [0.3, 0.4) is 0 Å². The highest BCUT2D eigenvalue weighted by atomic mass is 19.1. The van der Waals surface area contributed by atoms with Crippen LogP contribution in [-0.2, 0) is 4.79 Å². The van der Waals surface area contributed by atoms with Crippen LogP contribution in [0.5, 0.6) is 0 Å². The lowest BCUT2D eigenvalue weighted by atomic mass is 10.1. The Balaban J connectivity index is 2.14. The van der Waals surface area contributed by atoms with E-state index < -0.39 is 11.6 Å². The topological polar surface area (TPSA) is 32.3 Å². The SMILES string of the molecule is CC(=CC(=O)N1CCCNCC1)c1ccc(F)cc1F. The lowest BCUT2D eigenvalue weighted by Gasteiger charge is -2.18. The number of allylic oxidation sites excluding steroid dienone is 1. The van der Waals surface area contributed by atoms with Gasteiger partial charge in [-0.25, -0.2) is 8.78 Å². The molecule has 0 bridgehead atoms. The van der Waals surface area contributed by atoms with Gasteiger partial charge >= 0.3 is 0 Å². The first kappa shape index (κ1) is 14.7. The van der Waals surface area contributed by atoms with Crippen molar-refractivity contribution in [2.24, 2.45) is 0 Å². The second-order valence-electron chi connectivity index (χ2n) is 4.88. The van der Waals surface area contributed by atoms with Gasteiger partial charge in [0.25, 0.3) is 0 Å². The Morgan fingerprint density at radius 1 is 1.30 bits per heavy atom. The Labute approximate surface area is 117 Å². The molecular formula is C15H18F2N2O. The number of benzene rings is 1. The minimum absolute atomic E-state index is 0.130. The number of nitrogens with zero attached hydrogens (tertiary/aromatic N) is 1. The largest absolute Gasteiger partial charge is 0.338 e. The Kier molecular flexibility index (Phi) is 4.84. The van der Waals surface area contributed by atoms with E-state index in [2.05, 4.69) is 5.32 Å². The van der Waals surface area contributed by atoms with Crippen LogP contribution in [0, 0.1) is 11.6 Å². The van der Waals surface area contributed by atoms with Crippen LogP contribution in [0.25, 0.3) is 5.57 Å². The van der Waals surface area contributed by atoms with Crippen molar-refractivity contribution in [1.29, 1.82) is 0 Å². The minimum atomic E-state index is -0.649. The summed E-state index contributed by atoms with van der Waals surface area (Å²) in [5, 5.41) is 3.22. The van der Waals surface area contributed by atoms with Gasteiger partial charge in [-0.05, 0) is 37.6 Å². The van der Waals surface area contributed by atoms with Crippen molar-refractivity contribution in [2.45, 2.75) is 13.3 Å². The Hall–Kier alpha value is -1.75. The Bertz CT molecular complexity index is 521. The zero-order chi connectivity index (χ0) is 14.5. The van der Waals surface area contributed by atoms with Crippen molar-refractivity contribution < 1.29 is 13.6 Å². The highest BCUT2D eigenvalue weighted by Crippen LogP contribution is 2.19. The highest BCUT2D eigenvalue weighted by Gasteiger charge is 2.14. The summed E-state index contributed by atoms with van der Waals surface area (Å²) in [6.45, 7) is 4.67. The molecule has 0 atom stereocenters. The lowest BCUT2D eigenvalue weighted by molar-refractivity contribution is -0.125. The summed E-state index contributed by atoms with van der Waals surface area (Å²) in [6, 6.07) is 3.37. The fourth-order valence-corrected chi connectivity index (χ4v) is 2.23. The van der Waals surface area contributed by atoms with E-state index in [1.807, 2.05) is 0 Å². The van der Waals surface area contributed by atoms with Crippen molar-refractivity contribution in [1.82, 2.24) is 10.2 Å². The van der Waals surface area contributed by atoms with E-state index in [0.717, 1.165) is 25.6 Å². The van der Waals surface area contributed by atoms with Crippen LogP contribution >= 0.6 is 0 Å². The third kappa shape index (κ3) is 3.63. The number of hydrogen-bond acceptors (Lipinski definition) is 2. The van der Waals surface area contributed by atoms with Gasteiger partial charge in [0, 0.05) is 37.3 Å². The summed E-state index contributed by atoms with van der Waals surface area (Å²) in [4.78, 5) is 13.9. The molecule has 0 unspecified atom stereocenters. The van der Waals surface area contributed by atoms with E-state index >= 15 is 0 Å². The molecule has 0 aromatic heterocycles. The van der Waals surface area contributed by atoms with Crippen LogP contribution in [0.2, 0.25) is 0 Å². The monoisotopic (exact) mass is 280 g/mol. The van der Waals surface area contributed by atoms with Gasteiger partial charge in [0.1, 0.15) is 11.6 Å². The van der Waals surface area contributed by atoms with E-state index in [9.17, 15) is 13.6 Å². The van der Waals surface area contributed by atoms with Crippen LogP contribution in [0.15, 0.2) is 24.3 Å². The highest BCUT2D eigenvalue weighted by molar-refractivity contribution is 5.94.